The smallest absolute Gasteiger partial charge is 0.228 e. The van der Waals surface area contributed by atoms with Crippen LogP contribution >= 0.6 is 0 Å². The topological polar surface area (TPSA) is 120 Å². The third-order valence-electron chi connectivity index (χ3n) is 5.08. The minimum atomic E-state index is -0.0596. The second-order valence-corrected chi connectivity index (χ2v) is 6.87. The second-order valence-electron chi connectivity index (χ2n) is 6.87. The zero-order chi connectivity index (χ0) is 20.1. The van der Waals surface area contributed by atoms with E-state index in [4.69, 9.17) is 19.4 Å². The van der Waals surface area contributed by atoms with E-state index < -0.39 is 0 Å². The van der Waals surface area contributed by atoms with Gasteiger partial charge in [-0.05, 0) is 0 Å². The first-order valence-electron chi connectivity index (χ1n) is 9.96. The van der Waals surface area contributed by atoms with Crippen LogP contribution < -0.4 is 14.7 Å². The first-order valence-corrected chi connectivity index (χ1v) is 9.96. The van der Waals surface area contributed by atoms with Gasteiger partial charge in [-0.25, -0.2) is 15.0 Å². The van der Waals surface area contributed by atoms with Crippen LogP contribution in [-0.4, -0.2) is 109 Å². The lowest BCUT2D eigenvalue weighted by molar-refractivity contribution is 0.122. The predicted molar refractivity (Wildman–Crippen MR) is 108 cm³/mol. The maximum absolute atomic E-state index is 9.46. The maximum atomic E-state index is 9.46. The van der Waals surface area contributed by atoms with E-state index in [2.05, 4.69) is 19.8 Å². The van der Waals surface area contributed by atoms with Gasteiger partial charge in [0.1, 0.15) is 17.4 Å². The molecule has 0 atom stereocenters. The number of anilines is 3. The van der Waals surface area contributed by atoms with Crippen LogP contribution in [0.4, 0.5) is 17.6 Å². The summed E-state index contributed by atoms with van der Waals surface area (Å²) in [7, 11) is 0. The van der Waals surface area contributed by atoms with Crippen molar-refractivity contribution in [1.29, 1.82) is 0 Å². The van der Waals surface area contributed by atoms with Gasteiger partial charge in [0, 0.05) is 39.3 Å². The number of hydrogen-bond donors (Lipinski definition) is 2. The lowest BCUT2D eigenvalue weighted by Crippen LogP contribution is -2.39. The van der Waals surface area contributed by atoms with Crippen LogP contribution in [0.3, 0.4) is 0 Å². The molecule has 2 aliphatic heterocycles. The van der Waals surface area contributed by atoms with Crippen LogP contribution in [0.5, 0.6) is 0 Å². The molecule has 2 aromatic rings. The fourth-order valence-electron chi connectivity index (χ4n) is 3.61. The molecule has 29 heavy (non-hydrogen) atoms. The largest absolute Gasteiger partial charge is 0.395 e. The van der Waals surface area contributed by atoms with E-state index in [1.165, 1.54) is 0 Å². The van der Waals surface area contributed by atoms with Gasteiger partial charge in [-0.2, -0.15) is 4.98 Å². The van der Waals surface area contributed by atoms with E-state index in [9.17, 15) is 10.2 Å². The average molecular weight is 405 g/mol. The average Bonchev–Trinajstić information content (AvgIpc) is 2.79. The predicted octanol–water partition coefficient (Wildman–Crippen LogP) is -1.12. The van der Waals surface area contributed by atoms with Gasteiger partial charge in [-0.3, -0.25) is 0 Å². The van der Waals surface area contributed by atoms with Gasteiger partial charge in [0.25, 0.3) is 0 Å². The Hall–Kier alpha value is -2.34. The summed E-state index contributed by atoms with van der Waals surface area (Å²) < 4.78 is 11.0. The van der Waals surface area contributed by atoms with Gasteiger partial charge in [0.15, 0.2) is 11.6 Å². The summed E-state index contributed by atoms with van der Waals surface area (Å²) in [6.07, 6.45) is 1.55. The standard InChI is InChI=1S/C18H27N7O4/c26-7-1-25(2-8-27)18-21-15-14(17(22-18)24-5-11-29-12-6-24)19-13-20-16(15)23-3-9-28-10-4-23/h13,26-27H,1-12H2. The van der Waals surface area contributed by atoms with E-state index in [1.54, 1.807) is 11.2 Å². The summed E-state index contributed by atoms with van der Waals surface area (Å²) in [6.45, 7) is 5.95. The SMILES string of the molecule is OCCN(CCO)c1nc(N2CCOCC2)c2ncnc(N3CCOCC3)c2n1. The van der Waals surface area contributed by atoms with Crippen LogP contribution in [0.2, 0.25) is 0 Å². The van der Waals surface area contributed by atoms with Crippen LogP contribution in [0.25, 0.3) is 11.0 Å². The van der Waals surface area contributed by atoms with Crippen LogP contribution in [-0.2, 0) is 9.47 Å². The number of hydrogen-bond acceptors (Lipinski definition) is 11. The second kappa shape index (κ2) is 9.44. The molecule has 0 amide bonds. The summed E-state index contributed by atoms with van der Waals surface area (Å²) in [4.78, 5) is 24.6. The van der Waals surface area contributed by atoms with Crippen molar-refractivity contribution in [3.8, 4) is 0 Å². The minimum Gasteiger partial charge on any atom is -0.395 e. The number of aromatic nitrogens is 4. The highest BCUT2D eigenvalue weighted by molar-refractivity contribution is 5.94. The minimum absolute atomic E-state index is 0.0596. The van der Waals surface area contributed by atoms with Crippen molar-refractivity contribution >= 4 is 28.6 Å². The zero-order valence-electron chi connectivity index (χ0n) is 16.4. The molecular formula is C18H27N7O4. The molecule has 158 valence electrons. The Labute approximate surface area is 168 Å². The lowest BCUT2D eigenvalue weighted by atomic mass is 10.3. The molecule has 2 N–H and O–H groups in total. The quantitative estimate of drug-likeness (QED) is 0.583. The molecule has 4 rings (SSSR count). The first-order chi connectivity index (χ1) is 14.3. The molecule has 2 saturated heterocycles. The molecule has 2 aromatic heterocycles. The number of ether oxygens (including phenoxy) is 2. The number of nitrogens with zero attached hydrogens (tertiary/aromatic N) is 7. The molecule has 0 radical (unpaired) electrons. The molecule has 0 saturated carbocycles. The molecule has 0 bridgehead atoms. The summed E-state index contributed by atoms with van der Waals surface area (Å²) in [5, 5.41) is 18.9. The highest BCUT2D eigenvalue weighted by Gasteiger charge is 2.24. The number of morpholine rings is 2. The zero-order valence-corrected chi connectivity index (χ0v) is 16.4. The lowest BCUT2D eigenvalue weighted by Gasteiger charge is -2.31. The number of aliphatic hydroxyl groups excluding tert-OH is 2. The Kier molecular flexibility index (Phi) is 6.49. The van der Waals surface area contributed by atoms with Gasteiger partial charge < -0.3 is 34.4 Å². The number of aliphatic hydroxyl groups is 2. The fourth-order valence-corrected chi connectivity index (χ4v) is 3.61. The Morgan fingerprint density at radius 1 is 0.793 bits per heavy atom. The number of fused-ring (bicyclic) bond motifs is 1. The molecule has 2 aliphatic rings. The van der Waals surface area contributed by atoms with E-state index in [0.717, 1.165) is 24.7 Å². The van der Waals surface area contributed by atoms with E-state index in [1.807, 2.05) is 0 Å². The first kappa shape index (κ1) is 20.0. The molecule has 11 nitrogen and oxygen atoms in total. The van der Waals surface area contributed by atoms with Gasteiger partial charge in [0.05, 0.1) is 39.6 Å². The van der Waals surface area contributed by atoms with Gasteiger partial charge >= 0.3 is 0 Å². The van der Waals surface area contributed by atoms with Crippen molar-refractivity contribution in [1.82, 2.24) is 19.9 Å². The summed E-state index contributed by atoms with van der Waals surface area (Å²) in [6, 6.07) is 0. The normalized spacial score (nSPS) is 17.7. The van der Waals surface area contributed by atoms with Crippen molar-refractivity contribution in [2.24, 2.45) is 0 Å². The van der Waals surface area contributed by atoms with E-state index in [-0.39, 0.29) is 13.2 Å². The van der Waals surface area contributed by atoms with Crippen LogP contribution in [0.15, 0.2) is 6.33 Å². The third kappa shape index (κ3) is 4.32. The molecule has 0 spiro atoms. The Morgan fingerprint density at radius 3 is 1.97 bits per heavy atom. The van der Waals surface area contributed by atoms with E-state index in [0.29, 0.717) is 69.6 Å². The van der Waals surface area contributed by atoms with Crippen molar-refractivity contribution in [3.63, 3.8) is 0 Å². The summed E-state index contributed by atoms with van der Waals surface area (Å²) >= 11 is 0. The third-order valence-corrected chi connectivity index (χ3v) is 5.08. The van der Waals surface area contributed by atoms with Crippen molar-refractivity contribution in [2.45, 2.75) is 0 Å². The van der Waals surface area contributed by atoms with Gasteiger partial charge in [0.2, 0.25) is 5.95 Å². The fraction of sp³-hybridized carbons (Fsp3) is 0.667. The summed E-state index contributed by atoms with van der Waals surface area (Å²) in [5.41, 5.74) is 1.36. The van der Waals surface area contributed by atoms with Crippen molar-refractivity contribution < 1.29 is 19.7 Å². The van der Waals surface area contributed by atoms with Gasteiger partial charge in [-0.15, -0.1) is 0 Å². The molecule has 11 heteroatoms. The summed E-state index contributed by atoms with van der Waals surface area (Å²) in [5.74, 6) is 1.93. The molecule has 0 unspecified atom stereocenters. The van der Waals surface area contributed by atoms with Gasteiger partial charge in [-0.1, -0.05) is 0 Å². The highest BCUT2D eigenvalue weighted by Crippen LogP contribution is 2.30. The van der Waals surface area contributed by atoms with Crippen LogP contribution in [0, 0.1) is 0 Å². The molecule has 2 fully saturated rings. The Bertz CT molecular complexity index is 806. The van der Waals surface area contributed by atoms with E-state index >= 15 is 0 Å². The molecule has 4 heterocycles. The highest BCUT2D eigenvalue weighted by atomic mass is 16.5. The van der Waals surface area contributed by atoms with Crippen molar-refractivity contribution in [2.75, 3.05) is 93.6 Å². The maximum Gasteiger partial charge on any atom is 0.228 e. The Morgan fingerprint density at radius 2 is 1.38 bits per heavy atom. The molecule has 0 aromatic carbocycles. The monoisotopic (exact) mass is 405 g/mol. The number of rotatable bonds is 7. The molecular weight excluding hydrogens is 378 g/mol. The van der Waals surface area contributed by atoms with Crippen LogP contribution in [0.1, 0.15) is 0 Å². The Balaban J connectivity index is 1.84. The van der Waals surface area contributed by atoms with Crippen molar-refractivity contribution in [3.05, 3.63) is 6.33 Å². The molecule has 0 aliphatic carbocycles.